The first-order chi connectivity index (χ1) is 4.30. The Morgan fingerprint density at radius 2 is 1.90 bits per heavy atom. The Balaban J connectivity index is -0.000000270. The van der Waals surface area contributed by atoms with Gasteiger partial charge in [-0.1, -0.05) is 18.2 Å². The van der Waals surface area contributed by atoms with E-state index < -0.39 is 5.97 Å². The summed E-state index contributed by atoms with van der Waals surface area (Å²) in [7, 11) is 0. The molecule has 0 fully saturated rings. The fourth-order valence-corrected chi connectivity index (χ4v) is 0.581. The van der Waals surface area contributed by atoms with E-state index in [2.05, 4.69) is 0 Å². The van der Waals surface area contributed by atoms with Crippen LogP contribution in [0.15, 0.2) is 30.3 Å². The summed E-state index contributed by atoms with van der Waals surface area (Å²) >= 11 is 0. The number of hydrogen-bond acceptors (Lipinski definition) is 1. The minimum Gasteiger partial charge on any atom is -1.00 e. The molecule has 0 aliphatic rings. The first-order valence-corrected chi connectivity index (χ1v) is 2.59. The van der Waals surface area contributed by atoms with E-state index >= 15 is 0 Å². The maximum atomic E-state index is 10.2. The molecule has 2 nitrogen and oxygen atoms in total. The molecule has 1 rings (SSSR count). The van der Waals surface area contributed by atoms with Crippen LogP contribution in [-0.4, -0.2) is 11.1 Å². The molecule has 0 heterocycles. The molecular weight excluding hydrogens is 155 g/mol. The fourth-order valence-electron chi connectivity index (χ4n) is 0.581. The molecule has 0 unspecified atom stereocenters. The van der Waals surface area contributed by atoms with E-state index in [0.717, 1.165) is 0 Å². The van der Waals surface area contributed by atoms with Gasteiger partial charge in [-0.15, -0.1) is 0 Å². The number of carboxylic acid groups (broad SMARTS) is 1. The number of benzene rings is 1. The van der Waals surface area contributed by atoms with Gasteiger partial charge in [0.1, 0.15) is 0 Å². The van der Waals surface area contributed by atoms with Gasteiger partial charge in [0.2, 0.25) is 0 Å². The smallest absolute Gasteiger partial charge is 1.00 e. The Kier molecular flexibility index (Phi) is 5.20. The number of carbonyl (C=O) groups is 1. The predicted molar refractivity (Wildman–Crippen MR) is 35.6 cm³/mol. The Bertz CT molecular complexity index is 216. The zero-order chi connectivity index (χ0) is 6.69. The number of aromatic carboxylic acids is 1. The van der Waals surface area contributed by atoms with E-state index in [1.165, 1.54) is 0 Å². The maximum absolute atomic E-state index is 10.2. The Morgan fingerprint density at radius 3 is 2.20 bits per heavy atom. The molecular formula is C7H8KO2+. The Morgan fingerprint density at radius 1 is 1.40 bits per heavy atom. The third-order valence-corrected chi connectivity index (χ3v) is 1.02. The molecule has 0 radical (unpaired) electrons. The summed E-state index contributed by atoms with van der Waals surface area (Å²) in [5.41, 5.74) is 0.331. The fraction of sp³-hybridized carbons (Fsp3) is 0. The van der Waals surface area contributed by atoms with Crippen molar-refractivity contribution in [2.75, 3.05) is 0 Å². The zero-order valence-corrected chi connectivity index (χ0v) is 8.87. The second-order valence-electron chi connectivity index (χ2n) is 1.67. The summed E-state index contributed by atoms with van der Waals surface area (Å²) in [4.78, 5) is 10.2. The van der Waals surface area contributed by atoms with Gasteiger partial charge in [0, 0.05) is 0 Å². The van der Waals surface area contributed by atoms with Crippen molar-refractivity contribution in [2.24, 2.45) is 0 Å². The van der Waals surface area contributed by atoms with Crippen LogP contribution in [0.3, 0.4) is 0 Å². The van der Waals surface area contributed by atoms with E-state index in [1.54, 1.807) is 30.3 Å². The second-order valence-corrected chi connectivity index (χ2v) is 1.67. The van der Waals surface area contributed by atoms with Crippen molar-refractivity contribution < 1.29 is 64.1 Å². The molecule has 0 aromatic heterocycles. The van der Waals surface area contributed by atoms with Gasteiger partial charge in [0.25, 0.3) is 0 Å². The quantitative estimate of drug-likeness (QED) is 0.518. The molecule has 1 N–H and O–H groups in total. The van der Waals surface area contributed by atoms with Gasteiger partial charge in [-0.3, -0.25) is 0 Å². The molecule has 0 saturated carbocycles. The average molecular weight is 163 g/mol. The van der Waals surface area contributed by atoms with Crippen molar-refractivity contribution in [1.82, 2.24) is 0 Å². The van der Waals surface area contributed by atoms with Crippen LogP contribution in [0.4, 0.5) is 0 Å². The Hall–Kier alpha value is 0.326. The van der Waals surface area contributed by atoms with E-state index in [4.69, 9.17) is 5.11 Å². The van der Waals surface area contributed by atoms with E-state index in [1.807, 2.05) is 0 Å². The van der Waals surface area contributed by atoms with Gasteiger partial charge in [-0.2, -0.15) is 0 Å². The molecule has 0 bridgehead atoms. The van der Waals surface area contributed by atoms with Gasteiger partial charge in [0.15, 0.2) is 0 Å². The third kappa shape index (κ3) is 2.94. The molecule has 10 heavy (non-hydrogen) atoms. The van der Waals surface area contributed by atoms with Gasteiger partial charge in [0.05, 0.1) is 5.56 Å². The Labute approximate surface area is 105 Å². The molecule has 0 saturated heterocycles. The van der Waals surface area contributed by atoms with Crippen molar-refractivity contribution >= 4 is 5.97 Å². The zero-order valence-electron chi connectivity index (χ0n) is 7.74. The number of hydrogen-bond donors (Lipinski definition) is 1. The average Bonchev–Trinajstić information content (AvgIpc) is 1.90. The van der Waals surface area contributed by atoms with E-state index in [9.17, 15) is 4.79 Å². The largest absolute Gasteiger partial charge is 1.00 e. The van der Waals surface area contributed by atoms with Crippen LogP contribution in [0.25, 0.3) is 0 Å². The first kappa shape index (κ1) is 10.3. The number of carboxylic acids is 1. The molecule has 0 aliphatic carbocycles. The summed E-state index contributed by atoms with van der Waals surface area (Å²) < 4.78 is 0. The van der Waals surface area contributed by atoms with Crippen molar-refractivity contribution in [3.05, 3.63) is 35.9 Å². The van der Waals surface area contributed by atoms with Crippen LogP contribution in [0.1, 0.15) is 13.2 Å². The molecule has 3 heteroatoms. The van der Waals surface area contributed by atoms with Crippen LogP contribution in [0.2, 0.25) is 0 Å². The molecule has 0 aliphatic heterocycles. The van der Waals surface area contributed by atoms with Crippen LogP contribution in [-0.2, 0) is 0 Å². The molecule has 0 spiro atoms. The van der Waals surface area contributed by atoms with Crippen molar-refractivity contribution in [2.45, 2.75) is 0 Å². The van der Waals surface area contributed by atoms with Gasteiger partial charge in [-0.25, -0.2) is 4.79 Å². The maximum Gasteiger partial charge on any atom is 1.00 e. The standard InChI is InChI=1S/C7H6O2.K.H/c8-7(9)6-4-2-1-3-5-6;;/h1-5H,(H,8,9);;/q;+1;-1/p+1. The van der Waals surface area contributed by atoms with Crippen molar-refractivity contribution in [3.63, 3.8) is 0 Å². The van der Waals surface area contributed by atoms with Crippen molar-refractivity contribution in [1.29, 1.82) is 0 Å². The summed E-state index contributed by atoms with van der Waals surface area (Å²) in [6.45, 7) is 0. The van der Waals surface area contributed by atoms with Crippen LogP contribution in [0.5, 0.6) is 0 Å². The van der Waals surface area contributed by atoms with E-state index in [0.29, 0.717) is 5.56 Å². The molecule has 1 aromatic carbocycles. The predicted octanol–water partition coefficient (Wildman–Crippen LogP) is -1.39. The van der Waals surface area contributed by atoms with Gasteiger partial charge < -0.3 is 6.53 Å². The molecule has 0 amide bonds. The van der Waals surface area contributed by atoms with Crippen LogP contribution >= 0.6 is 0 Å². The van der Waals surface area contributed by atoms with E-state index in [-0.39, 0.29) is 54.2 Å². The summed E-state index contributed by atoms with van der Waals surface area (Å²) in [6.07, 6.45) is 0. The van der Waals surface area contributed by atoms with Crippen LogP contribution < -0.4 is 51.4 Å². The molecule has 1 aromatic rings. The second kappa shape index (κ2) is 5.04. The molecule has 48 valence electrons. The summed E-state index contributed by atoms with van der Waals surface area (Å²) in [5.74, 6) is -0.879. The third-order valence-electron chi connectivity index (χ3n) is 1.02. The normalized spacial score (nSPS) is 8.00. The van der Waals surface area contributed by atoms with Gasteiger partial charge >= 0.3 is 58.8 Å². The molecule has 0 atom stereocenters. The number of rotatable bonds is 1. The summed E-state index contributed by atoms with van der Waals surface area (Å²) in [6, 6.07) is 8.30. The van der Waals surface area contributed by atoms with Crippen LogP contribution in [0, 0.1) is 0 Å². The minimum absolute atomic E-state index is 0. The topological polar surface area (TPSA) is 37.3 Å². The monoisotopic (exact) mass is 163 g/mol. The van der Waals surface area contributed by atoms with Crippen molar-refractivity contribution in [3.8, 4) is 0 Å². The van der Waals surface area contributed by atoms with Gasteiger partial charge in [-0.05, 0) is 12.1 Å². The first-order valence-electron chi connectivity index (χ1n) is 2.59. The SMILES string of the molecule is O=C(O)c1ccccc1.[H+].[H-].[K+]. The summed E-state index contributed by atoms with van der Waals surface area (Å²) in [5, 5.41) is 8.38. The minimum atomic E-state index is -0.879.